The molecule has 0 radical (unpaired) electrons. The lowest BCUT2D eigenvalue weighted by atomic mass is 9.77. The van der Waals surface area contributed by atoms with Crippen LogP contribution >= 0.6 is 0 Å². The predicted molar refractivity (Wildman–Crippen MR) is 94.7 cm³/mol. The number of aldehydes is 1. The molecule has 0 aliphatic heterocycles. The van der Waals surface area contributed by atoms with Crippen LogP contribution in [0.15, 0.2) is 24.3 Å². The maximum absolute atomic E-state index is 12.4. The Balaban J connectivity index is 3.25. The highest BCUT2D eigenvalue weighted by Gasteiger charge is 2.43. The van der Waals surface area contributed by atoms with Crippen molar-refractivity contribution >= 4 is 18.3 Å². The maximum atomic E-state index is 12.4. The van der Waals surface area contributed by atoms with Gasteiger partial charge < -0.3 is 9.47 Å². The standard InChI is InChI=1S/C19H27NO5/c1-18(2,3)25-17(23)20(6)15(16(22)24-7)19(4,5)14-10-8-13(12-21)9-11-14/h8-12,15H,1-7H3/t15-/m1/s1. The highest BCUT2D eigenvalue weighted by Crippen LogP contribution is 2.31. The monoisotopic (exact) mass is 349 g/mol. The van der Waals surface area contributed by atoms with Crippen LogP contribution < -0.4 is 0 Å². The van der Waals surface area contributed by atoms with Crippen LogP contribution in [0.25, 0.3) is 0 Å². The van der Waals surface area contributed by atoms with E-state index in [1.54, 1.807) is 45.0 Å². The molecule has 0 aliphatic carbocycles. The number of hydrogen-bond acceptors (Lipinski definition) is 5. The van der Waals surface area contributed by atoms with Crippen molar-refractivity contribution in [2.24, 2.45) is 0 Å². The molecule has 0 spiro atoms. The number of likely N-dealkylation sites (N-methyl/N-ethyl adjacent to an activating group) is 1. The number of carbonyl (C=O) groups is 3. The summed E-state index contributed by atoms with van der Waals surface area (Å²) >= 11 is 0. The quantitative estimate of drug-likeness (QED) is 0.603. The van der Waals surface area contributed by atoms with E-state index >= 15 is 0 Å². The second kappa shape index (κ2) is 7.68. The smallest absolute Gasteiger partial charge is 0.410 e. The highest BCUT2D eigenvalue weighted by molar-refractivity contribution is 5.83. The molecule has 1 aromatic rings. The fourth-order valence-corrected chi connectivity index (χ4v) is 2.64. The van der Waals surface area contributed by atoms with Gasteiger partial charge in [-0.15, -0.1) is 0 Å². The summed E-state index contributed by atoms with van der Waals surface area (Å²) < 4.78 is 10.3. The molecule has 0 unspecified atom stereocenters. The molecule has 0 saturated heterocycles. The Kier molecular flexibility index (Phi) is 6.35. The Morgan fingerprint density at radius 3 is 2.00 bits per heavy atom. The molecule has 1 rings (SSSR count). The van der Waals surface area contributed by atoms with Gasteiger partial charge in [0.1, 0.15) is 17.9 Å². The number of hydrogen-bond donors (Lipinski definition) is 0. The first-order chi connectivity index (χ1) is 11.4. The van der Waals surface area contributed by atoms with Gasteiger partial charge in [0.25, 0.3) is 0 Å². The lowest BCUT2D eigenvalue weighted by Crippen LogP contribution is -2.54. The van der Waals surface area contributed by atoms with E-state index in [4.69, 9.17) is 9.47 Å². The van der Waals surface area contributed by atoms with E-state index in [9.17, 15) is 14.4 Å². The molecule has 1 amide bonds. The van der Waals surface area contributed by atoms with Crippen molar-refractivity contribution in [3.63, 3.8) is 0 Å². The summed E-state index contributed by atoms with van der Waals surface area (Å²) in [7, 11) is 2.79. The number of esters is 1. The highest BCUT2D eigenvalue weighted by atomic mass is 16.6. The van der Waals surface area contributed by atoms with Crippen molar-refractivity contribution in [1.29, 1.82) is 0 Å². The summed E-state index contributed by atoms with van der Waals surface area (Å²) in [6.45, 7) is 8.95. The molecule has 0 aliphatic rings. The van der Waals surface area contributed by atoms with Gasteiger partial charge in [-0.1, -0.05) is 38.1 Å². The van der Waals surface area contributed by atoms with Gasteiger partial charge in [-0.25, -0.2) is 9.59 Å². The molecule has 1 atom stereocenters. The molecule has 138 valence electrons. The first kappa shape index (κ1) is 20.7. The van der Waals surface area contributed by atoms with Gasteiger partial charge in [-0.2, -0.15) is 0 Å². The van der Waals surface area contributed by atoms with E-state index in [1.807, 2.05) is 13.8 Å². The van der Waals surface area contributed by atoms with E-state index < -0.39 is 29.1 Å². The molecule has 0 aromatic heterocycles. The Labute approximate surface area is 149 Å². The van der Waals surface area contributed by atoms with Crippen LogP contribution in [-0.4, -0.2) is 49.0 Å². The van der Waals surface area contributed by atoms with Crippen molar-refractivity contribution < 1.29 is 23.9 Å². The number of amides is 1. The Morgan fingerprint density at radius 1 is 1.08 bits per heavy atom. The predicted octanol–water partition coefficient (Wildman–Crippen LogP) is 3.19. The van der Waals surface area contributed by atoms with E-state index in [0.717, 1.165) is 11.8 Å². The topological polar surface area (TPSA) is 72.9 Å². The SMILES string of the molecule is COC(=O)[C@@H](N(C)C(=O)OC(C)(C)C)C(C)(C)c1ccc(C=O)cc1. The van der Waals surface area contributed by atoms with E-state index in [-0.39, 0.29) is 0 Å². The van der Waals surface area contributed by atoms with Crippen LogP contribution in [0.2, 0.25) is 0 Å². The van der Waals surface area contributed by atoms with Crippen molar-refractivity contribution in [3.8, 4) is 0 Å². The number of rotatable bonds is 5. The molecule has 6 nitrogen and oxygen atoms in total. The second-order valence-electron chi connectivity index (χ2n) is 7.48. The van der Waals surface area contributed by atoms with Crippen molar-refractivity contribution in [2.45, 2.75) is 51.7 Å². The number of carbonyl (C=O) groups excluding carboxylic acids is 3. The largest absolute Gasteiger partial charge is 0.467 e. The van der Waals surface area contributed by atoms with E-state index in [1.165, 1.54) is 19.1 Å². The Hall–Kier alpha value is -2.37. The average molecular weight is 349 g/mol. The van der Waals surface area contributed by atoms with Gasteiger partial charge in [-0.3, -0.25) is 9.69 Å². The van der Waals surface area contributed by atoms with Gasteiger partial charge in [0, 0.05) is 18.0 Å². The number of benzene rings is 1. The van der Waals surface area contributed by atoms with Gasteiger partial charge >= 0.3 is 12.1 Å². The minimum Gasteiger partial charge on any atom is -0.467 e. The molecule has 0 heterocycles. The minimum absolute atomic E-state index is 0.537. The second-order valence-corrected chi connectivity index (χ2v) is 7.48. The fourth-order valence-electron chi connectivity index (χ4n) is 2.64. The molecule has 0 N–H and O–H groups in total. The minimum atomic E-state index is -0.894. The van der Waals surface area contributed by atoms with E-state index in [2.05, 4.69) is 0 Å². The molecular weight excluding hydrogens is 322 g/mol. The molecule has 0 fully saturated rings. The Morgan fingerprint density at radius 2 is 1.60 bits per heavy atom. The lowest BCUT2D eigenvalue weighted by molar-refractivity contribution is -0.148. The third-order valence-corrected chi connectivity index (χ3v) is 3.97. The van der Waals surface area contributed by atoms with Gasteiger partial charge in [-0.05, 0) is 26.3 Å². The van der Waals surface area contributed by atoms with Crippen molar-refractivity contribution in [1.82, 2.24) is 4.90 Å². The van der Waals surface area contributed by atoms with Crippen LogP contribution in [0, 0.1) is 0 Å². The summed E-state index contributed by atoms with van der Waals surface area (Å²) in [6, 6.07) is 5.98. The zero-order chi connectivity index (χ0) is 19.4. The summed E-state index contributed by atoms with van der Waals surface area (Å²) in [5.74, 6) is -0.544. The van der Waals surface area contributed by atoms with Crippen LogP contribution in [0.3, 0.4) is 0 Å². The molecule has 6 heteroatoms. The zero-order valence-corrected chi connectivity index (χ0v) is 16.0. The van der Waals surface area contributed by atoms with Crippen LogP contribution in [0.4, 0.5) is 4.79 Å². The van der Waals surface area contributed by atoms with Crippen LogP contribution in [0.1, 0.15) is 50.5 Å². The summed E-state index contributed by atoms with van der Waals surface area (Å²) in [4.78, 5) is 37.0. The first-order valence-electron chi connectivity index (χ1n) is 8.03. The molecule has 1 aromatic carbocycles. The van der Waals surface area contributed by atoms with Gasteiger partial charge in [0.2, 0.25) is 0 Å². The van der Waals surface area contributed by atoms with Gasteiger partial charge in [0.05, 0.1) is 7.11 Å². The average Bonchev–Trinajstić information content (AvgIpc) is 2.52. The maximum Gasteiger partial charge on any atom is 0.410 e. The van der Waals surface area contributed by atoms with Gasteiger partial charge in [0.15, 0.2) is 0 Å². The first-order valence-corrected chi connectivity index (χ1v) is 8.03. The lowest BCUT2D eigenvalue weighted by Gasteiger charge is -2.39. The third-order valence-electron chi connectivity index (χ3n) is 3.97. The molecule has 25 heavy (non-hydrogen) atoms. The zero-order valence-electron chi connectivity index (χ0n) is 16.0. The van der Waals surface area contributed by atoms with Crippen LogP contribution in [0.5, 0.6) is 0 Å². The van der Waals surface area contributed by atoms with Crippen LogP contribution in [-0.2, 0) is 19.7 Å². The molecule has 0 bridgehead atoms. The summed E-state index contributed by atoms with van der Waals surface area (Å²) in [6.07, 6.45) is 0.141. The third kappa shape index (κ3) is 5.05. The number of ether oxygens (including phenoxy) is 2. The number of methoxy groups -OCH3 is 1. The fraction of sp³-hybridized carbons (Fsp3) is 0.526. The number of nitrogens with zero attached hydrogens (tertiary/aromatic N) is 1. The summed E-state index contributed by atoms with van der Waals surface area (Å²) in [5, 5.41) is 0. The van der Waals surface area contributed by atoms with Crippen molar-refractivity contribution in [2.75, 3.05) is 14.2 Å². The summed E-state index contributed by atoms with van der Waals surface area (Å²) in [5.41, 5.74) is -0.111. The molecule has 0 saturated carbocycles. The Bertz CT molecular complexity index is 628. The normalized spacial score (nSPS) is 12.9. The van der Waals surface area contributed by atoms with E-state index in [0.29, 0.717) is 5.56 Å². The molecular formula is C19H27NO5. The van der Waals surface area contributed by atoms with Crippen molar-refractivity contribution in [3.05, 3.63) is 35.4 Å².